The Bertz CT molecular complexity index is 1770. The molecule has 0 aliphatic heterocycles. The first-order chi connectivity index (χ1) is 20.2. The summed E-state index contributed by atoms with van der Waals surface area (Å²) < 4.78 is 97.7. The Morgan fingerprint density at radius 2 is 1.67 bits per heavy atom. The molecule has 2 amide bonds. The number of nitrogens with one attached hydrogen (secondary N) is 2. The van der Waals surface area contributed by atoms with E-state index in [1.165, 1.54) is 67.7 Å². The molecule has 43 heavy (non-hydrogen) atoms. The summed E-state index contributed by atoms with van der Waals surface area (Å²) in [7, 11) is -2.64. The van der Waals surface area contributed by atoms with Crippen molar-refractivity contribution in [2.24, 2.45) is 0 Å². The maximum atomic E-state index is 13.6. The predicted molar refractivity (Wildman–Crippen MR) is 152 cm³/mol. The van der Waals surface area contributed by atoms with Crippen molar-refractivity contribution in [2.75, 3.05) is 37.4 Å². The number of amides is 2. The van der Waals surface area contributed by atoms with Crippen molar-refractivity contribution >= 4 is 38.5 Å². The molecule has 0 unspecified atom stereocenters. The third-order valence-corrected chi connectivity index (χ3v) is 7.60. The summed E-state index contributed by atoms with van der Waals surface area (Å²) in [4.78, 5) is 25.6. The standard InChI is InChI=1S/C29H26F5N3O5S/c1-35-28(39)25-22-14-21(18-5-3-6-19(13-18)27(38)36-16-29(32,33)34)23(37(12-4-11-30)43(2,40)41)15-24(22)42-26(25)17-7-9-20(31)10-8-17/h3,5-10,13-15H,4,11-12,16H2,1-2H3,(H,35,39)(H,36,38). The van der Waals surface area contributed by atoms with Gasteiger partial charge in [-0.3, -0.25) is 18.3 Å². The summed E-state index contributed by atoms with van der Waals surface area (Å²) in [5.74, 6) is -2.06. The molecule has 1 aromatic heterocycles. The van der Waals surface area contributed by atoms with Crippen LogP contribution in [-0.2, 0) is 10.0 Å². The van der Waals surface area contributed by atoms with Gasteiger partial charge in [-0.2, -0.15) is 13.2 Å². The molecular weight excluding hydrogens is 597 g/mol. The normalized spacial score (nSPS) is 11.9. The van der Waals surface area contributed by atoms with Gasteiger partial charge in [-0.05, 0) is 54.4 Å². The van der Waals surface area contributed by atoms with Crippen molar-refractivity contribution in [3.8, 4) is 22.5 Å². The number of halogens is 5. The Kier molecular flexibility index (Phi) is 9.09. The van der Waals surface area contributed by atoms with Gasteiger partial charge >= 0.3 is 6.18 Å². The third-order valence-electron chi connectivity index (χ3n) is 6.42. The van der Waals surface area contributed by atoms with E-state index >= 15 is 0 Å². The zero-order valence-corrected chi connectivity index (χ0v) is 23.7. The number of fused-ring (bicyclic) bond motifs is 1. The summed E-state index contributed by atoms with van der Waals surface area (Å²) in [6.45, 7) is -2.66. The number of alkyl halides is 4. The van der Waals surface area contributed by atoms with Crippen LogP contribution in [0.4, 0.5) is 27.6 Å². The number of anilines is 1. The third kappa shape index (κ3) is 7.13. The van der Waals surface area contributed by atoms with Gasteiger partial charge in [-0.15, -0.1) is 0 Å². The maximum Gasteiger partial charge on any atom is 0.405 e. The molecule has 14 heteroatoms. The van der Waals surface area contributed by atoms with Crippen molar-refractivity contribution in [3.05, 3.63) is 77.6 Å². The number of hydrogen-bond acceptors (Lipinski definition) is 5. The van der Waals surface area contributed by atoms with Gasteiger partial charge in [-0.25, -0.2) is 12.8 Å². The second kappa shape index (κ2) is 12.4. The van der Waals surface area contributed by atoms with E-state index in [1.807, 2.05) is 0 Å². The minimum Gasteiger partial charge on any atom is -0.455 e. The number of carbonyl (C=O) groups is 2. The van der Waals surface area contributed by atoms with Gasteiger partial charge in [0.15, 0.2) is 0 Å². The van der Waals surface area contributed by atoms with Gasteiger partial charge in [0.1, 0.15) is 23.7 Å². The Morgan fingerprint density at radius 1 is 0.977 bits per heavy atom. The van der Waals surface area contributed by atoms with Gasteiger partial charge in [0.05, 0.1) is 24.2 Å². The molecule has 0 saturated heterocycles. The zero-order valence-electron chi connectivity index (χ0n) is 22.9. The number of benzene rings is 3. The molecular formula is C29H26F5N3O5S. The van der Waals surface area contributed by atoms with Crippen LogP contribution in [-0.4, -0.2) is 59.5 Å². The Hall–Kier alpha value is -4.46. The lowest BCUT2D eigenvalue weighted by atomic mass is 9.97. The minimum atomic E-state index is -4.64. The number of furan rings is 1. The Morgan fingerprint density at radius 3 is 2.28 bits per heavy atom. The summed E-state index contributed by atoms with van der Waals surface area (Å²) in [5.41, 5.74) is 0.722. The van der Waals surface area contributed by atoms with E-state index in [1.54, 1.807) is 5.32 Å². The van der Waals surface area contributed by atoms with E-state index in [4.69, 9.17) is 4.42 Å². The van der Waals surface area contributed by atoms with Gasteiger partial charge in [0.25, 0.3) is 11.8 Å². The Labute approximate surface area is 243 Å². The van der Waals surface area contributed by atoms with Crippen molar-refractivity contribution < 1.29 is 44.4 Å². The summed E-state index contributed by atoms with van der Waals surface area (Å²) in [6, 6.07) is 13.4. The fourth-order valence-electron chi connectivity index (χ4n) is 4.50. The minimum absolute atomic E-state index is 0.0131. The molecule has 0 spiro atoms. The molecule has 0 atom stereocenters. The number of nitrogens with zero attached hydrogens (tertiary/aromatic N) is 1. The van der Waals surface area contributed by atoms with Crippen LogP contribution in [0, 0.1) is 5.82 Å². The van der Waals surface area contributed by atoms with E-state index in [-0.39, 0.29) is 57.6 Å². The van der Waals surface area contributed by atoms with Crippen LogP contribution in [0.5, 0.6) is 0 Å². The SMILES string of the molecule is CNC(=O)c1c(-c2ccc(F)cc2)oc2cc(N(CCCF)S(C)(=O)=O)c(-c3cccc(C(=O)NCC(F)(F)F)c3)cc12. The van der Waals surface area contributed by atoms with Gasteiger partial charge in [-0.1, -0.05) is 12.1 Å². The fourth-order valence-corrected chi connectivity index (χ4v) is 5.47. The van der Waals surface area contributed by atoms with Crippen molar-refractivity contribution in [2.45, 2.75) is 12.6 Å². The van der Waals surface area contributed by atoms with E-state index in [0.29, 0.717) is 5.56 Å². The lowest BCUT2D eigenvalue weighted by molar-refractivity contribution is -0.123. The first-order valence-corrected chi connectivity index (χ1v) is 14.7. The van der Waals surface area contributed by atoms with Crippen LogP contribution in [0.25, 0.3) is 33.4 Å². The quantitative estimate of drug-likeness (QED) is 0.221. The summed E-state index contributed by atoms with van der Waals surface area (Å²) in [5, 5.41) is 4.53. The molecule has 4 aromatic rings. The molecule has 8 nitrogen and oxygen atoms in total. The fraction of sp³-hybridized carbons (Fsp3) is 0.241. The van der Waals surface area contributed by atoms with E-state index in [2.05, 4.69) is 5.32 Å². The van der Waals surface area contributed by atoms with Crippen molar-refractivity contribution in [1.29, 1.82) is 0 Å². The summed E-state index contributed by atoms with van der Waals surface area (Å²) >= 11 is 0. The molecule has 0 radical (unpaired) electrons. The van der Waals surface area contributed by atoms with Crippen LogP contribution in [0.15, 0.2) is 65.1 Å². The number of hydrogen-bond donors (Lipinski definition) is 2. The molecule has 4 rings (SSSR count). The molecule has 0 aliphatic rings. The van der Waals surface area contributed by atoms with E-state index < -0.39 is 47.1 Å². The highest BCUT2D eigenvalue weighted by atomic mass is 32.2. The maximum absolute atomic E-state index is 13.6. The molecule has 2 N–H and O–H groups in total. The summed E-state index contributed by atoms with van der Waals surface area (Å²) in [6.07, 6.45) is -3.88. The zero-order chi connectivity index (χ0) is 31.5. The topological polar surface area (TPSA) is 109 Å². The van der Waals surface area contributed by atoms with Crippen LogP contribution < -0.4 is 14.9 Å². The van der Waals surface area contributed by atoms with Crippen LogP contribution in [0.1, 0.15) is 27.1 Å². The second-order valence-electron chi connectivity index (χ2n) is 9.51. The van der Waals surface area contributed by atoms with Crippen molar-refractivity contribution in [3.63, 3.8) is 0 Å². The number of sulfonamides is 1. The monoisotopic (exact) mass is 623 g/mol. The lowest BCUT2D eigenvalue weighted by Gasteiger charge is -2.25. The molecule has 228 valence electrons. The molecule has 0 aliphatic carbocycles. The Balaban J connectivity index is 2.00. The average molecular weight is 624 g/mol. The van der Waals surface area contributed by atoms with Crippen LogP contribution in [0.3, 0.4) is 0 Å². The van der Waals surface area contributed by atoms with Crippen molar-refractivity contribution in [1.82, 2.24) is 10.6 Å². The van der Waals surface area contributed by atoms with Gasteiger partial charge < -0.3 is 15.1 Å². The predicted octanol–water partition coefficient (Wildman–Crippen LogP) is 5.68. The molecule has 0 saturated carbocycles. The molecule has 0 fully saturated rings. The highest BCUT2D eigenvalue weighted by Crippen LogP contribution is 2.42. The smallest absolute Gasteiger partial charge is 0.405 e. The van der Waals surface area contributed by atoms with Crippen LogP contribution in [0.2, 0.25) is 0 Å². The molecule has 1 heterocycles. The highest BCUT2D eigenvalue weighted by Gasteiger charge is 2.29. The lowest BCUT2D eigenvalue weighted by Crippen LogP contribution is -2.33. The second-order valence-corrected chi connectivity index (χ2v) is 11.4. The first-order valence-electron chi connectivity index (χ1n) is 12.8. The van der Waals surface area contributed by atoms with Gasteiger partial charge in [0.2, 0.25) is 10.0 Å². The molecule has 0 bridgehead atoms. The van der Waals surface area contributed by atoms with E-state index in [9.17, 15) is 40.0 Å². The average Bonchev–Trinajstić information content (AvgIpc) is 3.33. The number of rotatable bonds is 10. The van der Waals surface area contributed by atoms with Crippen LogP contribution >= 0.6 is 0 Å². The van der Waals surface area contributed by atoms with E-state index in [0.717, 1.165) is 10.6 Å². The first kappa shape index (κ1) is 31.5. The highest BCUT2D eigenvalue weighted by molar-refractivity contribution is 7.92. The van der Waals surface area contributed by atoms with Gasteiger partial charge in [0, 0.05) is 41.7 Å². The largest absolute Gasteiger partial charge is 0.455 e. The molecule has 3 aromatic carbocycles. The number of carbonyl (C=O) groups excluding carboxylic acids is 2.